The standard InChI is InChI=1S/C11H9ClN2S/c1-7-11(12)10(15)6-9(14-7)8-4-2-3-5-13-8/h2-6H,1H3,(H,14,15). The van der Waals surface area contributed by atoms with Crippen LogP contribution >= 0.6 is 23.8 Å². The van der Waals surface area contributed by atoms with E-state index in [4.69, 9.17) is 23.8 Å². The maximum absolute atomic E-state index is 5.98. The topological polar surface area (TPSA) is 28.7 Å². The number of aromatic nitrogens is 2. The molecule has 2 aromatic heterocycles. The second-order valence-electron chi connectivity index (χ2n) is 3.20. The number of H-pyrrole nitrogens is 1. The molecule has 2 aromatic rings. The predicted molar refractivity (Wildman–Crippen MR) is 64.6 cm³/mol. The highest BCUT2D eigenvalue weighted by atomic mass is 35.5. The van der Waals surface area contributed by atoms with Gasteiger partial charge < -0.3 is 4.98 Å². The lowest BCUT2D eigenvalue weighted by Crippen LogP contribution is -1.90. The van der Waals surface area contributed by atoms with Crippen molar-refractivity contribution in [2.45, 2.75) is 6.92 Å². The smallest absolute Gasteiger partial charge is 0.0864 e. The Bertz CT molecular complexity index is 534. The van der Waals surface area contributed by atoms with E-state index >= 15 is 0 Å². The molecule has 0 atom stereocenters. The monoisotopic (exact) mass is 236 g/mol. The minimum atomic E-state index is 0.602. The minimum absolute atomic E-state index is 0.602. The number of pyridine rings is 2. The Morgan fingerprint density at radius 1 is 1.40 bits per heavy atom. The van der Waals surface area contributed by atoms with E-state index in [0.717, 1.165) is 17.1 Å². The van der Waals surface area contributed by atoms with Gasteiger partial charge in [-0.15, -0.1) is 0 Å². The third-order valence-electron chi connectivity index (χ3n) is 2.08. The Kier molecular flexibility index (Phi) is 2.84. The third kappa shape index (κ3) is 2.08. The van der Waals surface area contributed by atoms with Gasteiger partial charge in [0, 0.05) is 11.9 Å². The van der Waals surface area contributed by atoms with Crippen molar-refractivity contribution in [3.8, 4) is 11.4 Å². The Morgan fingerprint density at radius 3 is 2.80 bits per heavy atom. The molecule has 15 heavy (non-hydrogen) atoms. The van der Waals surface area contributed by atoms with Crippen molar-refractivity contribution in [1.82, 2.24) is 9.97 Å². The van der Waals surface area contributed by atoms with Gasteiger partial charge >= 0.3 is 0 Å². The molecule has 0 saturated carbocycles. The zero-order valence-electron chi connectivity index (χ0n) is 8.12. The molecular formula is C11H9ClN2S. The third-order valence-corrected chi connectivity index (χ3v) is 3.01. The van der Waals surface area contributed by atoms with Crippen molar-refractivity contribution in [3.63, 3.8) is 0 Å². The molecule has 2 rings (SSSR count). The van der Waals surface area contributed by atoms with Crippen LogP contribution < -0.4 is 0 Å². The Morgan fingerprint density at radius 2 is 2.20 bits per heavy atom. The van der Waals surface area contributed by atoms with Gasteiger partial charge in [-0.2, -0.15) is 0 Å². The van der Waals surface area contributed by atoms with E-state index in [0.29, 0.717) is 9.53 Å². The molecule has 76 valence electrons. The molecule has 0 saturated heterocycles. The molecule has 0 aliphatic heterocycles. The van der Waals surface area contributed by atoms with E-state index < -0.39 is 0 Å². The van der Waals surface area contributed by atoms with E-state index in [9.17, 15) is 0 Å². The van der Waals surface area contributed by atoms with E-state index in [1.165, 1.54) is 0 Å². The zero-order chi connectivity index (χ0) is 10.8. The highest BCUT2D eigenvalue weighted by molar-refractivity contribution is 7.71. The predicted octanol–water partition coefficient (Wildman–Crippen LogP) is 3.77. The molecule has 0 aliphatic rings. The van der Waals surface area contributed by atoms with Crippen LogP contribution in [0.15, 0.2) is 30.5 Å². The quantitative estimate of drug-likeness (QED) is 0.764. The number of hydrogen-bond acceptors (Lipinski definition) is 2. The van der Waals surface area contributed by atoms with Crippen molar-refractivity contribution in [2.24, 2.45) is 0 Å². The summed E-state index contributed by atoms with van der Waals surface area (Å²) in [6.45, 7) is 1.89. The highest BCUT2D eigenvalue weighted by Crippen LogP contribution is 2.21. The number of hydrogen-bond donors (Lipinski definition) is 1. The summed E-state index contributed by atoms with van der Waals surface area (Å²) in [5, 5.41) is 0.602. The fourth-order valence-electron chi connectivity index (χ4n) is 1.33. The number of rotatable bonds is 1. The van der Waals surface area contributed by atoms with Crippen molar-refractivity contribution in [3.05, 3.63) is 45.7 Å². The van der Waals surface area contributed by atoms with Gasteiger partial charge in [-0.3, -0.25) is 4.98 Å². The molecule has 0 amide bonds. The van der Waals surface area contributed by atoms with Gasteiger partial charge in [-0.05, 0) is 25.1 Å². The van der Waals surface area contributed by atoms with Crippen LogP contribution in [-0.4, -0.2) is 9.97 Å². The van der Waals surface area contributed by atoms with Gasteiger partial charge in [0.05, 0.1) is 20.9 Å². The van der Waals surface area contributed by atoms with E-state index in [1.54, 1.807) is 6.20 Å². The molecule has 0 bridgehead atoms. The first-order chi connectivity index (χ1) is 7.18. The number of aryl methyl sites for hydroxylation is 1. The molecular weight excluding hydrogens is 228 g/mol. The van der Waals surface area contributed by atoms with Crippen LogP contribution in [0.3, 0.4) is 0 Å². The average molecular weight is 237 g/mol. The normalized spacial score (nSPS) is 10.3. The van der Waals surface area contributed by atoms with Crippen molar-refractivity contribution < 1.29 is 0 Å². The van der Waals surface area contributed by atoms with Gasteiger partial charge in [0.1, 0.15) is 0 Å². The molecule has 0 fully saturated rings. The summed E-state index contributed by atoms with van der Waals surface area (Å²) in [6, 6.07) is 7.56. The largest absolute Gasteiger partial charge is 0.356 e. The molecule has 2 heterocycles. The van der Waals surface area contributed by atoms with Crippen molar-refractivity contribution >= 4 is 23.8 Å². The van der Waals surface area contributed by atoms with Gasteiger partial charge in [0.25, 0.3) is 0 Å². The van der Waals surface area contributed by atoms with Crippen LogP contribution in [0.1, 0.15) is 5.69 Å². The van der Waals surface area contributed by atoms with Crippen LogP contribution in [0.25, 0.3) is 11.4 Å². The van der Waals surface area contributed by atoms with Crippen LogP contribution in [0.4, 0.5) is 0 Å². The van der Waals surface area contributed by atoms with Gasteiger partial charge in [0.15, 0.2) is 0 Å². The van der Waals surface area contributed by atoms with Crippen LogP contribution in [0, 0.1) is 11.4 Å². The highest BCUT2D eigenvalue weighted by Gasteiger charge is 2.03. The number of halogens is 1. The lowest BCUT2D eigenvalue weighted by atomic mass is 10.2. The maximum Gasteiger partial charge on any atom is 0.0864 e. The first-order valence-corrected chi connectivity index (χ1v) is 5.28. The van der Waals surface area contributed by atoms with Crippen LogP contribution in [0.2, 0.25) is 5.02 Å². The van der Waals surface area contributed by atoms with Crippen molar-refractivity contribution in [1.29, 1.82) is 0 Å². The zero-order valence-corrected chi connectivity index (χ0v) is 9.69. The van der Waals surface area contributed by atoms with Gasteiger partial charge in [-0.25, -0.2) is 0 Å². The summed E-state index contributed by atoms with van der Waals surface area (Å²) in [5.74, 6) is 0. The summed E-state index contributed by atoms with van der Waals surface area (Å²) in [5.41, 5.74) is 2.62. The Balaban J connectivity index is 2.61. The fraction of sp³-hybridized carbons (Fsp3) is 0.0909. The van der Waals surface area contributed by atoms with E-state index in [1.807, 2.05) is 31.2 Å². The molecule has 0 unspecified atom stereocenters. The maximum atomic E-state index is 5.98. The SMILES string of the molecule is Cc1[nH]c(-c2ccccn2)cc(=S)c1Cl. The molecule has 0 aliphatic carbocycles. The van der Waals surface area contributed by atoms with Crippen LogP contribution in [0.5, 0.6) is 0 Å². The molecule has 1 N–H and O–H groups in total. The van der Waals surface area contributed by atoms with Crippen LogP contribution in [-0.2, 0) is 0 Å². The fourth-order valence-corrected chi connectivity index (χ4v) is 1.71. The lowest BCUT2D eigenvalue weighted by Gasteiger charge is -2.04. The van der Waals surface area contributed by atoms with E-state index in [2.05, 4.69) is 9.97 Å². The van der Waals surface area contributed by atoms with E-state index in [-0.39, 0.29) is 0 Å². The second-order valence-corrected chi connectivity index (χ2v) is 4.02. The molecule has 0 radical (unpaired) electrons. The number of aromatic amines is 1. The number of nitrogens with one attached hydrogen (secondary N) is 1. The molecule has 4 heteroatoms. The Hall–Kier alpha value is -1.19. The summed E-state index contributed by atoms with van der Waals surface area (Å²) in [4.78, 5) is 7.41. The first kappa shape index (κ1) is 10.3. The molecule has 2 nitrogen and oxygen atoms in total. The van der Waals surface area contributed by atoms with Crippen molar-refractivity contribution in [2.75, 3.05) is 0 Å². The summed E-state index contributed by atoms with van der Waals surface area (Å²) >= 11 is 11.1. The molecule has 0 aromatic carbocycles. The van der Waals surface area contributed by atoms with Gasteiger partial charge in [-0.1, -0.05) is 29.9 Å². The van der Waals surface area contributed by atoms with Gasteiger partial charge in [0.2, 0.25) is 0 Å². The second kappa shape index (κ2) is 4.13. The average Bonchev–Trinajstić information content (AvgIpc) is 2.26. The molecule has 0 spiro atoms. The first-order valence-electron chi connectivity index (χ1n) is 4.49. The summed E-state index contributed by atoms with van der Waals surface area (Å²) < 4.78 is 0.647. The number of nitrogens with zero attached hydrogens (tertiary/aromatic N) is 1. The minimum Gasteiger partial charge on any atom is -0.356 e. The summed E-state index contributed by atoms with van der Waals surface area (Å²) in [6.07, 6.45) is 1.75. The summed E-state index contributed by atoms with van der Waals surface area (Å²) in [7, 11) is 0. The Labute approximate surface area is 98.0 Å². The lowest BCUT2D eigenvalue weighted by molar-refractivity contribution is 1.17.